The molecule has 54 heavy (non-hydrogen) atoms. The Balaban J connectivity index is 0.000000312. The average molecular weight is 751 g/mol. The van der Waals surface area contributed by atoms with E-state index in [0.717, 1.165) is 35.1 Å². The Morgan fingerprint density at radius 1 is 0.556 bits per heavy atom. The van der Waals surface area contributed by atoms with Crippen molar-refractivity contribution >= 4 is 11.9 Å². The topological polar surface area (TPSA) is 260 Å². The van der Waals surface area contributed by atoms with Gasteiger partial charge in [-0.15, -0.1) is 0 Å². The van der Waals surface area contributed by atoms with Gasteiger partial charge in [-0.05, 0) is 110 Å². The van der Waals surface area contributed by atoms with E-state index in [9.17, 15) is 50.4 Å². The highest BCUT2D eigenvalue weighted by Gasteiger charge is 2.14. The van der Waals surface area contributed by atoms with Gasteiger partial charge in [0.2, 0.25) is 0 Å². The van der Waals surface area contributed by atoms with Crippen molar-refractivity contribution in [2.24, 2.45) is 0 Å². The van der Waals surface area contributed by atoms with Gasteiger partial charge in [0.1, 0.15) is 34.5 Å². The third kappa shape index (κ3) is 16.7. The van der Waals surface area contributed by atoms with Gasteiger partial charge in [0.05, 0.1) is 12.2 Å². The number of hydrogen-bond acceptors (Lipinski definition) is 12. The van der Waals surface area contributed by atoms with Crippen LogP contribution in [-0.4, -0.2) is 88.2 Å². The predicted octanol–water partition coefficient (Wildman–Crippen LogP) is 4.44. The van der Waals surface area contributed by atoms with Gasteiger partial charge in [-0.25, -0.2) is 9.59 Å². The number of aliphatic hydroxyl groups excluding tert-OH is 2. The van der Waals surface area contributed by atoms with E-state index in [-0.39, 0.29) is 46.6 Å². The number of aliphatic carboxylic acids is 2. The number of rotatable bonds is 14. The minimum Gasteiger partial charge on any atom is -0.508 e. The molecule has 292 valence electrons. The van der Waals surface area contributed by atoms with Crippen LogP contribution in [0.1, 0.15) is 59.4 Å². The molecule has 0 saturated carbocycles. The molecule has 12 N–H and O–H groups in total. The molecule has 0 radical (unpaired) electrons. The minimum absolute atomic E-state index is 0.0772. The molecule has 0 fully saturated rings. The normalized spacial score (nSPS) is 13.1. The number of benzene rings is 4. The molecule has 0 saturated heterocycles. The van der Waals surface area contributed by atoms with Gasteiger partial charge in [-0.2, -0.15) is 0 Å². The predicted molar refractivity (Wildman–Crippen MR) is 202 cm³/mol. The van der Waals surface area contributed by atoms with Crippen LogP contribution >= 0.6 is 0 Å². The summed E-state index contributed by atoms with van der Waals surface area (Å²) in [6.45, 7) is 8.34. The summed E-state index contributed by atoms with van der Waals surface area (Å²) in [6, 6.07) is 19.4. The van der Waals surface area contributed by atoms with E-state index in [1.165, 1.54) is 36.4 Å². The van der Waals surface area contributed by atoms with Crippen molar-refractivity contribution in [2.75, 3.05) is 13.1 Å². The summed E-state index contributed by atoms with van der Waals surface area (Å²) in [5, 5.41) is 99.2. The molecule has 14 heteroatoms. The van der Waals surface area contributed by atoms with Crippen LogP contribution in [0.3, 0.4) is 0 Å². The molecule has 0 heterocycles. The number of aromatic hydroxyl groups is 6. The van der Waals surface area contributed by atoms with E-state index in [0.29, 0.717) is 36.4 Å². The Kier molecular flexibility index (Phi) is 17.8. The second-order valence-electron chi connectivity index (χ2n) is 12.9. The second-order valence-corrected chi connectivity index (χ2v) is 12.9. The molecule has 4 atom stereocenters. The van der Waals surface area contributed by atoms with Crippen molar-refractivity contribution in [3.8, 4) is 34.5 Å². The van der Waals surface area contributed by atoms with Crippen LogP contribution in [0.15, 0.2) is 84.9 Å². The highest BCUT2D eigenvalue weighted by molar-refractivity contribution is 5.89. The summed E-state index contributed by atoms with van der Waals surface area (Å²) in [4.78, 5) is 19.1. The van der Waals surface area contributed by atoms with Crippen LogP contribution < -0.4 is 10.6 Å². The van der Waals surface area contributed by atoms with Crippen molar-refractivity contribution in [3.63, 3.8) is 0 Å². The largest absolute Gasteiger partial charge is 0.508 e. The first-order valence-electron chi connectivity index (χ1n) is 16.9. The number of carboxylic acid groups (broad SMARTS) is 2. The Hall–Kier alpha value is -5.80. The van der Waals surface area contributed by atoms with Crippen LogP contribution in [0.5, 0.6) is 34.5 Å². The van der Waals surface area contributed by atoms with E-state index in [1.54, 1.807) is 12.1 Å². The number of aliphatic hydroxyl groups is 2. The van der Waals surface area contributed by atoms with Crippen molar-refractivity contribution in [1.29, 1.82) is 0 Å². The number of nitrogens with one attached hydrogen (secondary N) is 2. The Bertz CT molecular complexity index is 1690. The molecule has 4 aromatic rings. The van der Waals surface area contributed by atoms with Gasteiger partial charge in [0.15, 0.2) is 0 Å². The van der Waals surface area contributed by atoms with Gasteiger partial charge < -0.3 is 61.7 Å². The Morgan fingerprint density at radius 2 is 0.870 bits per heavy atom. The Morgan fingerprint density at radius 3 is 1.15 bits per heavy atom. The molecule has 14 nitrogen and oxygen atoms in total. The molecule has 0 aromatic heterocycles. The van der Waals surface area contributed by atoms with Crippen LogP contribution in [0.2, 0.25) is 0 Å². The van der Waals surface area contributed by atoms with Gasteiger partial charge in [-0.1, -0.05) is 24.3 Å². The number of carboxylic acids is 2. The molecule has 4 aromatic carbocycles. The number of phenols is 6. The third-order valence-corrected chi connectivity index (χ3v) is 7.91. The maximum atomic E-state index is 10.1. The fraction of sp³-hybridized carbons (Fsp3) is 0.300. The van der Waals surface area contributed by atoms with Crippen LogP contribution in [-0.2, 0) is 22.4 Å². The van der Waals surface area contributed by atoms with Crippen molar-refractivity contribution in [2.45, 2.75) is 64.8 Å². The minimum atomic E-state index is -1.26. The molecule has 0 bridgehead atoms. The standard InChI is InChI=1S/2C18H23NO4.C4H4O4/c2*1-11-5-13(3-4-17(11)22)6-12(2)19-10-18(23)14-7-15(20)9-16(21)8-14;5-3(6)1-2-4(7)8/h2*3-5,7-9,12,18-23H,6,10H2,1-2H3;1-2H,(H,5,6)(H,7,8)/b;;2-1+. The molecule has 4 unspecified atom stereocenters. The lowest BCUT2D eigenvalue weighted by Crippen LogP contribution is -2.32. The van der Waals surface area contributed by atoms with E-state index in [4.69, 9.17) is 10.2 Å². The lowest BCUT2D eigenvalue weighted by atomic mass is 10.0. The fourth-order valence-corrected chi connectivity index (χ4v) is 5.17. The summed E-state index contributed by atoms with van der Waals surface area (Å²) in [7, 11) is 0. The summed E-state index contributed by atoms with van der Waals surface area (Å²) < 4.78 is 0. The summed E-state index contributed by atoms with van der Waals surface area (Å²) in [5.74, 6) is -2.25. The molecule has 0 aliphatic heterocycles. The third-order valence-electron chi connectivity index (χ3n) is 7.91. The molecule has 0 amide bonds. The van der Waals surface area contributed by atoms with E-state index in [2.05, 4.69) is 10.6 Å². The number of carbonyl (C=O) groups is 2. The molecular weight excluding hydrogens is 700 g/mol. The lowest BCUT2D eigenvalue weighted by molar-refractivity contribution is -0.134. The summed E-state index contributed by atoms with van der Waals surface area (Å²) in [6.07, 6.45) is 0.997. The zero-order chi connectivity index (χ0) is 40.5. The Labute approximate surface area is 313 Å². The van der Waals surface area contributed by atoms with Crippen LogP contribution in [0, 0.1) is 13.8 Å². The number of aryl methyl sites for hydroxylation is 2. The van der Waals surface area contributed by atoms with E-state index < -0.39 is 24.1 Å². The average Bonchev–Trinajstić information content (AvgIpc) is 3.08. The van der Waals surface area contributed by atoms with E-state index >= 15 is 0 Å². The second kappa shape index (κ2) is 21.7. The zero-order valence-corrected chi connectivity index (χ0v) is 30.5. The lowest BCUT2D eigenvalue weighted by Gasteiger charge is -2.18. The first-order chi connectivity index (χ1) is 25.3. The molecule has 0 spiro atoms. The quantitative estimate of drug-likeness (QED) is 0.0796. The van der Waals surface area contributed by atoms with E-state index in [1.807, 2.05) is 52.0 Å². The van der Waals surface area contributed by atoms with Crippen LogP contribution in [0.4, 0.5) is 0 Å². The monoisotopic (exact) mass is 750 g/mol. The molecule has 0 aliphatic carbocycles. The number of phenolic OH excluding ortho intramolecular Hbond substituents is 6. The number of hydrogen-bond donors (Lipinski definition) is 12. The van der Waals surface area contributed by atoms with Gasteiger partial charge >= 0.3 is 11.9 Å². The first kappa shape index (κ1) is 44.4. The van der Waals surface area contributed by atoms with Gasteiger partial charge in [0, 0.05) is 49.5 Å². The highest BCUT2D eigenvalue weighted by atomic mass is 16.4. The summed E-state index contributed by atoms with van der Waals surface area (Å²) >= 11 is 0. The maximum absolute atomic E-state index is 10.1. The molecule has 0 aliphatic rings. The van der Waals surface area contributed by atoms with Crippen molar-refractivity contribution in [1.82, 2.24) is 10.6 Å². The zero-order valence-electron chi connectivity index (χ0n) is 30.5. The van der Waals surface area contributed by atoms with Gasteiger partial charge in [-0.3, -0.25) is 0 Å². The maximum Gasteiger partial charge on any atom is 0.328 e. The smallest absolute Gasteiger partial charge is 0.328 e. The van der Waals surface area contributed by atoms with Crippen molar-refractivity contribution < 1.29 is 60.7 Å². The first-order valence-corrected chi connectivity index (χ1v) is 16.9. The van der Waals surface area contributed by atoms with Crippen LogP contribution in [0.25, 0.3) is 0 Å². The summed E-state index contributed by atoms with van der Waals surface area (Å²) in [5.41, 5.74) is 4.80. The fourth-order valence-electron chi connectivity index (χ4n) is 5.17. The van der Waals surface area contributed by atoms with Crippen molar-refractivity contribution in [3.05, 3.63) is 118 Å². The molecule has 4 rings (SSSR count). The SMILES string of the molecule is Cc1cc(CC(C)NCC(O)c2cc(O)cc(O)c2)ccc1O.Cc1cc(CC(C)NCC(O)c2cc(O)cc(O)c2)ccc1O.O=C(O)/C=C/C(=O)O. The highest BCUT2D eigenvalue weighted by Crippen LogP contribution is 2.26. The molecular formula is C40H50N2O12. The van der Waals surface area contributed by atoms with Gasteiger partial charge in [0.25, 0.3) is 0 Å².